The number of carbonyl (C=O) groups is 1. The van der Waals surface area contributed by atoms with Gasteiger partial charge in [0.2, 0.25) is 0 Å². The van der Waals surface area contributed by atoms with Crippen LogP contribution in [-0.4, -0.2) is 31.0 Å². The lowest BCUT2D eigenvalue weighted by molar-refractivity contribution is -0.159. The number of benzene rings is 1. The molecule has 0 N–H and O–H groups in total. The number of nitrogens with zero attached hydrogens (tertiary/aromatic N) is 1. The van der Waals surface area contributed by atoms with Gasteiger partial charge in [0.25, 0.3) is 0 Å². The first-order valence-electron chi connectivity index (χ1n) is 6.12. The van der Waals surface area contributed by atoms with Crippen molar-refractivity contribution >= 4 is 5.97 Å². The van der Waals surface area contributed by atoms with Crippen molar-refractivity contribution in [2.75, 3.05) is 20.1 Å². The molecular weight excluding hydrogens is 214 g/mol. The second-order valence-corrected chi connectivity index (χ2v) is 4.68. The Bertz CT molecular complexity index is 390. The highest BCUT2D eigenvalue weighted by molar-refractivity contribution is 5.69. The monoisotopic (exact) mass is 233 g/mol. The summed E-state index contributed by atoms with van der Waals surface area (Å²) in [5.41, 5.74) is 0.662. The molecule has 1 aliphatic rings. The number of carbonyl (C=O) groups excluding carboxylic acids is 1. The van der Waals surface area contributed by atoms with Gasteiger partial charge in [0.05, 0.1) is 0 Å². The summed E-state index contributed by atoms with van der Waals surface area (Å²) in [6.45, 7) is 3.58. The number of likely N-dealkylation sites (tertiary alicyclic amines) is 1. The molecular formula is C14H19NO2. The van der Waals surface area contributed by atoms with Gasteiger partial charge < -0.3 is 9.64 Å². The van der Waals surface area contributed by atoms with Crippen LogP contribution >= 0.6 is 0 Å². The Kier molecular flexibility index (Phi) is 3.48. The largest absolute Gasteiger partial charge is 0.453 e. The first-order valence-corrected chi connectivity index (χ1v) is 6.12. The van der Waals surface area contributed by atoms with E-state index in [1.165, 1.54) is 0 Å². The molecule has 3 nitrogen and oxygen atoms in total. The Morgan fingerprint density at radius 3 is 2.65 bits per heavy atom. The van der Waals surface area contributed by atoms with E-state index in [2.05, 4.69) is 11.9 Å². The normalized spacial score (nSPS) is 24.8. The third kappa shape index (κ3) is 2.50. The summed E-state index contributed by atoms with van der Waals surface area (Å²) < 4.78 is 5.72. The van der Waals surface area contributed by atoms with Gasteiger partial charge >= 0.3 is 5.97 Å². The lowest BCUT2D eigenvalue weighted by Gasteiger charge is -2.29. The maximum absolute atomic E-state index is 11.6. The average molecular weight is 233 g/mol. The van der Waals surface area contributed by atoms with Crippen LogP contribution in [0.4, 0.5) is 0 Å². The zero-order chi connectivity index (χ0) is 12.3. The summed E-state index contributed by atoms with van der Waals surface area (Å²) in [7, 11) is 2.06. The van der Waals surface area contributed by atoms with E-state index in [1.807, 2.05) is 37.3 Å². The minimum absolute atomic E-state index is 0.121. The zero-order valence-corrected chi connectivity index (χ0v) is 10.5. The Morgan fingerprint density at radius 2 is 2.12 bits per heavy atom. The number of hydrogen-bond acceptors (Lipinski definition) is 3. The van der Waals surface area contributed by atoms with Crippen LogP contribution in [0.1, 0.15) is 25.3 Å². The van der Waals surface area contributed by atoms with E-state index in [-0.39, 0.29) is 5.97 Å². The number of likely N-dealkylation sites (N-methyl/N-ethyl adjacent to an activating group) is 1. The lowest BCUT2D eigenvalue weighted by Crippen LogP contribution is -2.35. The summed E-state index contributed by atoms with van der Waals surface area (Å²) >= 11 is 0. The van der Waals surface area contributed by atoms with Gasteiger partial charge in [0, 0.05) is 25.9 Å². The van der Waals surface area contributed by atoms with Crippen molar-refractivity contribution in [2.45, 2.75) is 25.4 Å². The van der Waals surface area contributed by atoms with Crippen molar-refractivity contribution in [3.8, 4) is 0 Å². The van der Waals surface area contributed by atoms with E-state index in [0.717, 1.165) is 25.1 Å². The van der Waals surface area contributed by atoms with Crippen LogP contribution in [0.3, 0.4) is 0 Å². The Balaban J connectivity index is 2.28. The van der Waals surface area contributed by atoms with Crippen LogP contribution in [0.5, 0.6) is 0 Å². The van der Waals surface area contributed by atoms with E-state index in [9.17, 15) is 4.79 Å². The molecule has 1 atom stereocenters. The fraction of sp³-hybridized carbons (Fsp3) is 0.500. The molecule has 2 rings (SSSR count). The van der Waals surface area contributed by atoms with E-state index in [4.69, 9.17) is 4.74 Å². The van der Waals surface area contributed by atoms with Crippen molar-refractivity contribution < 1.29 is 9.53 Å². The maximum Gasteiger partial charge on any atom is 0.306 e. The molecule has 1 fully saturated rings. The van der Waals surface area contributed by atoms with Crippen LogP contribution in [0.25, 0.3) is 0 Å². The van der Waals surface area contributed by atoms with Gasteiger partial charge in [-0.25, -0.2) is 0 Å². The Hall–Kier alpha value is -1.35. The number of ether oxygens (including phenoxy) is 1. The molecule has 0 aromatic heterocycles. The van der Waals surface area contributed by atoms with Crippen molar-refractivity contribution in [3.05, 3.63) is 35.9 Å². The highest BCUT2D eigenvalue weighted by atomic mass is 16.6. The number of hydrogen-bond donors (Lipinski definition) is 0. The molecule has 0 spiro atoms. The van der Waals surface area contributed by atoms with Crippen LogP contribution in [0.2, 0.25) is 0 Å². The van der Waals surface area contributed by atoms with Gasteiger partial charge in [-0.3, -0.25) is 4.79 Å². The lowest BCUT2D eigenvalue weighted by atomic mass is 9.92. The minimum atomic E-state index is -0.441. The van der Waals surface area contributed by atoms with Crippen molar-refractivity contribution in [1.29, 1.82) is 0 Å². The molecule has 17 heavy (non-hydrogen) atoms. The van der Waals surface area contributed by atoms with Gasteiger partial charge in [-0.1, -0.05) is 37.3 Å². The highest BCUT2D eigenvalue weighted by Crippen LogP contribution is 2.35. The van der Waals surface area contributed by atoms with Gasteiger partial charge in [-0.2, -0.15) is 0 Å². The predicted octanol–water partition coefficient (Wildman–Crippen LogP) is 2.17. The smallest absolute Gasteiger partial charge is 0.306 e. The minimum Gasteiger partial charge on any atom is -0.453 e. The molecule has 92 valence electrons. The fourth-order valence-corrected chi connectivity index (χ4v) is 2.38. The molecule has 0 radical (unpaired) electrons. The third-order valence-electron chi connectivity index (χ3n) is 3.32. The summed E-state index contributed by atoms with van der Waals surface area (Å²) in [6, 6.07) is 10.1. The Labute approximate surface area is 102 Å². The van der Waals surface area contributed by atoms with Crippen LogP contribution in [-0.2, 0) is 15.1 Å². The number of esters is 1. The van der Waals surface area contributed by atoms with E-state index in [1.54, 1.807) is 0 Å². The molecule has 0 bridgehead atoms. The van der Waals surface area contributed by atoms with Gasteiger partial charge in [-0.05, 0) is 12.6 Å². The van der Waals surface area contributed by atoms with E-state index >= 15 is 0 Å². The third-order valence-corrected chi connectivity index (χ3v) is 3.32. The molecule has 0 unspecified atom stereocenters. The maximum atomic E-state index is 11.6. The quantitative estimate of drug-likeness (QED) is 0.749. The molecule has 1 saturated heterocycles. The second kappa shape index (κ2) is 4.88. The summed E-state index contributed by atoms with van der Waals surface area (Å²) in [5, 5.41) is 0. The average Bonchev–Trinajstić information content (AvgIpc) is 2.73. The first kappa shape index (κ1) is 12.1. The van der Waals surface area contributed by atoms with Gasteiger partial charge in [-0.15, -0.1) is 0 Å². The molecule has 1 heterocycles. The molecule has 0 amide bonds. The Morgan fingerprint density at radius 1 is 1.41 bits per heavy atom. The second-order valence-electron chi connectivity index (χ2n) is 4.68. The summed E-state index contributed by atoms with van der Waals surface area (Å²) in [5.74, 6) is -0.121. The standard InChI is InChI=1S/C14H19NO2/c1-3-13(16)17-14(9-10-15(2)11-14)12-7-5-4-6-8-12/h4-8H,3,9-11H2,1-2H3/t14-/m0/s1. The van der Waals surface area contributed by atoms with Gasteiger partial charge in [0.1, 0.15) is 0 Å². The molecule has 3 heteroatoms. The first-order chi connectivity index (χ1) is 8.16. The molecule has 1 aliphatic heterocycles. The van der Waals surface area contributed by atoms with Gasteiger partial charge in [0.15, 0.2) is 5.60 Å². The van der Waals surface area contributed by atoms with Crippen molar-refractivity contribution in [2.24, 2.45) is 0 Å². The highest BCUT2D eigenvalue weighted by Gasteiger charge is 2.41. The summed E-state index contributed by atoms with van der Waals surface area (Å²) in [6.07, 6.45) is 1.30. The van der Waals surface area contributed by atoms with Crippen molar-refractivity contribution in [3.63, 3.8) is 0 Å². The van der Waals surface area contributed by atoms with E-state index in [0.29, 0.717) is 6.42 Å². The predicted molar refractivity (Wildman–Crippen MR) is 66.6 cm³/mol. The van der Waals surface area contributed by atoms with E-state index < -0.39 is 5.60 Å². The fourth-order valence-electron chi connectivity index (χ4n) is 2.38. The molecule has 1 aromatic carbocycles. The topological polar surface area (TPSA) is 29.5 Å². The summed E-state index contributed by atoms with van der Waals surface area (Å²) in [4.78, 5) is 13.8. The molecule has 1 aromatic rings. The SMILES string of the molecule is CCC(=O)O[C@@]1(c2ccccc2)CCN(C)C1. The van der Waals surface area contributed by atoms with Crippen LogP contribution in [0, 0.1) is 0 Å². The zero-order valence-electron chi connectivity index (χ0n) is 10.5. The molecule has 0 aliphatic carbocycles. The van der Waals surface area contributed by atoms with Crippen molar-refractivity contribution in [1.82, 2.24) is 4.90 Å². The van der Waals surface area contributed by atoms with Crippen LogP contribution < -0.4 is 0 Å². The molecule has 0 saturated carbocycles. The van der Waals surface area contributed by atoms with Crippen LogP contribution in [0.15, 0.2) is 30.3 Å². The number of rotatable bonds is 3.